The number of carbonyl (C=O) groups excluding carboxylic acids is 1. The van der Waals surface area contributed by atoms with E-state index in [-0.39, 0.29) is 18.6 Å². The topological polar surface area (TPSA) is 56.8 Å². The van der Waals surface area contributed by atoms with E-state index < -0.39 is 0 Å². The summed E-state index contributed by atoms with van der Waals surface area (Å²) in [6, 6.07) is 14.7. The Bertz CT molecular complexity index is 672. The fourth-order valence-electron chi connectivity index (χ4n) is 2.37. The molecule has 0 aliphatic carbocycles. The SMILES string of the molecule is CCOc1ccccc1OCC(=O)N[C@H](C)c1ccccc1OC. The van der Waals surface area contributed by atoms with E-state index in [2.05, 4.69) is 5.32 Å². The lowest BCUT2D eigenvalue weighted by Crippen LogP contribution is -2.31. The van der Waals surface area contributed by atoms with Crippen LogP contribution in [0.15, 0.2) is 48.5 Å². The molecule has 128 valence electrons. The molecule has 1 N–H and O–H groups in total. The van der Waals surface area contributed by atoms with Crippen LogP contribution in [0.25, 0.3) is 0 Å². The fourth-order valence-corrected chi connectivity index (χ4v) is 2.37. The number of amides is 1. The van der Waals surface area contributed by atoms with Gasteiger partial charge in [0.25, 0.3) is 5.91 Å². The van der Waals surface area contributed by atoms with Gasteiger partial charge >= 0.3 is 0 Å². The van der Waals surface area contributed by atoms with E-state index in [4.69, 9.17) is 14.2 Å². The van der Waals surface area contributed by atoms with Gasteiger partial charge in [0, 0.05) is 5.56 Å². The zero-order valence-electron chi connectivity index (χ0n) is 14.2. The predicted molar refractivity (Wildman–Crippen MR) is 92.7 cm³/mol. The summed E-state index contributed by atoms with van der Waals surface area (Å²) in [5.74, 6) is 1.72. The maximum atomic E-state index is 12.2. The van der Waals surface area contributed by atoms with Gasteiger partial charge in [0.15, 0.2) is 18.1 Å². The van der Waals surface area contributed by atoms with Crippen molar-refractivity contribution in [2.75, 3.05) is 20.3 Å². The van der Waals surface area contributed by atoms with Gasteiger partial charge in [-0.25, -0.2) is 0 Å². The molecular formula is C19H23NO4. The summed E-state index contributed by atoms with van der Waals surface area (Å²) in [6.07, 6.45) is 0. The molecule has 0 aliphatic heterocycles. The molecule has 0 radical (unpaired) electrons. The Balaban J connectivity index is 1.94. The van der Waals surface area contributed by atoms with Crippen LogP contribution in [0.4, 0.5) is 0 Å². The van der Waals surface area contributed by atoms with E-state index in [0.717, 1.165) is 11.3 Å². The summed E-state index contributed by atoms with van der Waals surface area (Å²) in [7, 11) is 1.61. The molecule has 0 fully saturated rings. The highest BCUT2D eigenvalue weighted by atomic mass is 16.5. The first-order valence-electron chi connectivity index (χ1n) is 7.92. The minimum atomic E-state index is -0.209. The number of nitrogens with one attached hydrogen (secondary N) is 1. The smallest absolute Gasteiger partial charge is 0.258 e. The molecule has 0 bridgehead atoms. The van der Waals surface area contributed by atoms with Crippen LogP contribution in [0.3, 0.4) is 0 Å². The Hall–Kier alpha value is -2.69. The van der Waals surface area contributed by atoms with Crippen molar-refractivity contribution in [2.45, 2.75) is 19.9 Å². The van der Waals surface area contributed by atoms with Gasteiger partial charge in [0.2, 0.25) is 0 Å². The molecule has 24 heavy (non-hydrogen) atoms. The average Bonchev–Trinajstić information content (AvgIpc) is 2.61. The lowest BCUT2D eigenvalue weighted by molar-refractivity contribution is -0.123. The second-order valence-corrected chi connectivity index (χ2v) is 5.20. The second kappa shape index (κ2) is 8.82. The first-order chi connectivity index (χ1) is 11.7. The van der Waals surface area contributed by atoms with E-state index in [1.54, 1.807) is 13.2 Å². The van der Waals surface area contributed by atoms with Crippen molar-refractivity contribution < 1.29 is 19.0 Å². The molecule has 1 atom stereocenters. The molecule has 0 heterocycles. The lowest BCUT2D eigenvalue weighted by Gasteiger charge is -2.17. The highest BCUT2D eigenvalue weighted by molar-refractivity contribution is 5.78. The summed E-state index contributed by atoms with van der Waals surface area (Å²) < 4.78 is 16.4. The monoisotopic (exact) mass is 329 g/mol. The van der Waals surface area contributed by atoms with Crippen LogP contribution in [0.5, 0.6) is 17.2 Å². The van der Waals surface area contributed by atoms with Gasteiger partial charge in [-0.15, -0.1) is 0 Å². The highest BCUT2D eigenvalue weighted by Gasteiger charge is 2.14. The average molecular weight is 329 g/mol. The van der Waals surface area contributed by atoms with Gasteiger partial charge in [-0.2, -0.15) is 0 Å². The van der Waals surface area contributed by atoms with Gasteiger partial charge in [-0.05, 0) is 32.0 Å². The summed E-state index contributed by atoms with van der Waals surface area (Å²) in [4.78, 5) is 12.2. The zero-order chi connectivity index (χ0) is 17.4. The quantitative estimate of drug-likeness (QED) is 0.807. The van der Waals surface area contributed by atoms with E-state index in [0.29, 0.717) is 18.1 Å². The Labute approximate surface area is 142 Å². The molecule has 0 saturated heterocycles. The molecule has 5 nitrogen and oxygen atoms in total. The first kappa shape index (κ1) is 17.7. The Kier molecular flexibility index (Phi) is 6.49. The number of ether oxygens (including phenoxy) is 3. The highest BCUT2D eigenvalue weighted by Crippen LogP contribution is 2.27. The van der Waals surface area contributed by atoms with E-state index in [1.807, 2.05) is 56.3 Å². The number of rotatable bonds is 8. The third kappa shape index (κ3) is 4.65. The van der Waals surface area contributed by atoms with Crippen molar-refractivity contribution in [3.05, 3.63) is 54.1 Å². The molecular weight excluding hydrogens is 306 g/mol. The fraction of sp³-hybridized carbons (Fsp3) is 0.316. The largest absolute Gasteiger partial charge is 0.496 e. The van der Waals surface area contributed by atoms with Crippen molar-refractivity contribution in [1.29, 1.82) is 0 Å². The van der Waals surface area contributed by atoms with Crippen LogP contribution in [0.2, 0.25) is 0 Å². The lowest BCUT2D eigenvalue weighted by atomic mass is 10.1. The van der Waals surface area contributed by atoms with Gasteiger partial charge in [-0.1, -0.05) is 30.3 Å². The number of methoxy groups -OCH3 is 1. The maximum absolute atomic E-state index is 12.2. The number of hydrogen-bond donors (Lipinski definition) is 1. The molecule has 2 aromatic carbocycles. The van der Waals surface area contributed by atoms with E-state index in [9.17, 15) is 4.79 Å². The summed E-state index contributed by atoms with van der Waals surface area (Å²) >= 11 is 0. The summed E-state index contributed by atoms with van der Waals surface area (Å²) in [5, 5.41) is 2.91. The molecule has 1 amide bonds. The third-order valence-electron chi connectivity index (χ3n) is 3.49. The number of para-hydroxylation sites is 3. The predicted octanol–water partition coefficient (Wildman–Crippen LogP) is 3.35. The summed E-state index contributed by atoms with van der Waals surface area (Å²) in [6.45, 7) is 4.27. The minimum absolute atomic E-state index is 0.0798. The zero-order valence-corrected chi connectivity index (χ0v) is 14.2. The van der Waals surface area contributed by atoms with Crippen molar-refractivity contribution in [3.8, 4) is 17.2 Å². The molecule has 0 unspecified atom stereocenters. The van der Waals surface area contributed by atoms with E-state index in [1.165, 1.54) is 0 Å². The Morgan fingerprint density at radius 1 is 1.00 bits per heavy atom. The van der Waals surface area contributed by atoms with Crippen LogP contribution >= 0.6 is 0 Å². The molecule has 0 aromatic heterocycles. The van der Waals surface area contributed by atoms with Crippen LogP contribution in [0.1, 0.15) is 25.5 Å². The second-order valence-electron chi connectivity index (χ2n) is 5.20. The molecule has 2 aromatic rings. The van der Waals surface area contributed by atoms with Crippen molar-refractivity contribution in [3.63, 3.8) is 0 Å². The van der Waals surface area contributed by atoms with Crippen molar-refractivity contribution in [2.24, 2.45) is 0 Å². The maximum Gasteiger partial charge on any atom is 0.258 e. The van der Waals surface area contributed by atoms with Gasteiger partial charge in [0.1, 0.15) is 5.75 Å². The van der Waals surface area contributed by atoms with Gasteiger partial charge in [-0.3, -0.25) is 4.79 Å². The number of benzene rings is 2. The summed E-state index contributed by atoms with van der Waals surface area (Å²) in [5.41, 5.74) is 0.920. The molecule has 0 aliphatic rings. The minimum Gasteiger partial charge on any atom is -0.496 e. The molecule has 5 heteroatoms. The molecule has 0 saturated carbocycles. The van der Waals surface area contributed by atoms with Crippen molar-refractivity contribution in [1.82, 2.24) is 5.32 Å². The van der Waals surface area contributed by atoms with Crippen LogP contribution in [-0.2, 0) is 4.79 Å². The number of hydrogen-bond acceptors (Lipinski definition) is 4. The van der Waals surface area contributed by atoms with Gasteiger partial charge in [0.05, 0.1) is 19.8 Å². The van der Waals surface area contributed by atoms with E-state index >= 15 is 0 Å². The standard InChI is InChI=1S/C19H23NO4/c1-4-23-17-11-7-8-12-18(17)24-13-19(21)20-14(2)15-9-5-6-10-16(15)22-3/h5-12,14H,4,13H2,1-3H3,(H,20,21)/t14-/m1/s1. The van der Waals surface area contributed by atoms with Crippen LogP contribution in [-0.4, -0.2) is 26.2 Å². The normalized spacial score (nSPS) is 11.5. The first-order valence-corrected chi connectivity index (χ1v) is 7.92. The molecule has 0 spiro atoms. The van der Waals surface area contributed by atoms with Crippen LogP contribution < -0.4 is 19.5 Å². The third-order valence-corrected chi connectivity index (χ3v) is 3.49. The van der Waals surface area contributed by atoms with Gasteiger partial charge < -0.3 is 19.5 Å². The Morgan fingerprint density at radius 2 is 1.58 bits per heavy atom. The molecule has 2 rings (SSSR count). The Morgan fingerprint density at radius 3 is 2.21 bits per heavy atom. The number of carbonyl (C=O) groups is 1. The van der Waals surface area contributed by atoms with Crippen LogP contribution in [0, 0.1) is 0 Å². The van der Waals surface area contributed by atoms with Crippen molar-refractivity contribution >= 4 is 5.91 Å².